The van der Waals surface area contributed by atoms with E-state index in [4.69, 9.17) is 5.11 Å². The van der Waals surface area contributed by atoms with Gasteiger partial charge in [-0.2, -0.15) is 10.2 Å². The van der Waals surface area contributed by atoms with Gasteiger partial charge in [0.1, 0.15) is 0 Å². The first-order valence-electron chi connectivity index (χ1n) is 5.62. The van der Waals surface area contributed by atoms with Gasteiger partial charge in [-0.25, -0.2) is 9.78 Å². The van der Waals surface area contributed by atoms with Crippen LogP contribution in [0.25, 0.3) is 22.2 Å². The highest BCUT2D eigenvalue weighted by Crippen LogP contribution is 2.25. The van der Waals surface area contributed by atoms with E-state index in [2.05, 4.69) is 15.2 Å². The summed E-state index contributed by atoms with van der Waals surface area (Å²) in [5.74, 6) is -1.02. The van der Waals surface area contributed by atoms with Crippen molar-refractivity contribution in [3.63, 3.8) is 0 Å². The monoisotopic (exact) mass is 254 g/mol. The number of aromatic carboxylic acids is 1. The molecule has 1 aromatic carbocycles. The molecule has 2 heterocycles. The number of hydrogen-bond acceptors (Lipinski definition) is 4. The minimum Gasteiger partial charge on any atom is -0.478 e. The van der Waals surface area contributed by atoms with Gasteiger partial charge in [-0.15, -0.1) is 0 Å². The molecule has 94 valence electrons. The Morgan fingerprint density at radius 2 is 2.05 bits per heavy atom. The fraction of sp³-hybridized carbons (Fsp3) is 0.0769. The lowest BCUT2D eigenvalue weighted by Gasteiger charge is -2.05. The summed E-state index contributed by atoms with van der Waals surface area (Å²) in [4.78, 5) is 15.4. The summed E-state index contributed by atoms with van der Waals surface area (Å²) in [6.07, 6.45) is 4.42. The predicted octanol–water partition coefficient (Wildman–Crippen LogP) is 1.73. The Kier molecular flexibility index (Phi) is 2.49. The van der Waals surface area contributed by atoms with Crippen LogP contribution in [0, 0.1) is 0 Å². The van der Waals surface area contributed by atoms with E-state index < -0.39 is 5.97 Å². The van der Waals surface area contributed by atoms with Crippen molar-refractivity contribution in [2.24, 2.45) is 7.05 Å². The molecule has 6 nitrogen and oxygen atoms in total. The number of hydrogen-bond donors (Lipinski definition) is 1. The summed E-state index contributed by atoms with van der Waals surface area (Å²) in [7, 11) is 1.91. The zero-order valence-corrected chi connectivity index (χ0v) is 10.1. The molecule has 0 aliphatic carbocycles. The second kappa shape index (κ2) is 4.16. The predicted molar refractivity (Wildman–Crippen MR) is 68.7 cm³/mol. The van der Waals surface area contributed by atoms with Gasteiger partial charge in [-0.1, -0.05) is 6.07 Å². The number of imidazole rings is 1. The van der Waals surface area contributed by atoms with Crippen LogP contribution in [0.3, 0.4) is 0 Å². The molecule has 6 heteroatoms. The second-order valence-corrected chi connectivity index (χ2v) is 4.18. The second-order valence-electron chi connectivity index (χ2n) is 4.18. The average molecular weight is 254 g/mol. The van der Waals surface area contributed by atoms with Crippen molar-refractivity contribution in [3.8, 4) is 11.1 Å². The highest BCUT2D eigenvalue weighted by molar-refractivity contribution is 5.96. The molecule has 0 amide bonds. The molecule has 2 aromatic heterocycles. The van der Waals surface area contributed by atoms with Crippen molar-refractivity contribution >= 4 is 17.0 Å². The van der Waals surface area contributed by atoms with E-state index in [9.17, 15) is 4.79 Å². The number of carboxylic acids is 1. The number of rotatable bonds is 2. The SMILES string of the molecule is Cn1cnc2cc(-c3cnncc3C(=O)O)ccc21. The third-order valence-corrected chi connectivity index (χ3v) is 3.00. The summed E-state index contributed by atoms with van der Waals surface area (Å²) in [6.45, 7) is 0. The summed E-state index contributed by atoms with van der Waals surface area (Å²) in [6, 6.07) is 5.61. The fourth-order valence-electron chi connectivity index (χ4n) is 2.03. The van der Waals surface area contributed by atoms with Gasteiger partial charge in [0.25, 0.3) is 0 Å². The highest BCUT2D eigenvalue weighted by atomic mass is 16.4. The lowest BCUT2D eigenvalue weighted by atomic mass is 10.0. The molecule has 0 radical (unpaired) electrons. The minimum atomic E-state index is -1.02. The van der Waals surface area contributed by atoms with Crippen molar-refractivity contribution in [3.05, 3.63) is 42.5 Å². The maximum atomic E-state index is 11.2. The number of aromatic nitrogens is 4. The zero-order valence-electron chi connectivity index (χ0n) is 10.1. The molecule has 0 saturated carbocycles. The van der Waals surface area contributed by atoms with Crippen molar-refractivity contribution in [2.75, 3.05) is 0 Å². The van der Waals surface area contributed by atoms with Gasteiger partial charge in [-0.05, 0) is 17.7 Å². The van der Waals surface area contributed by atoms with Crippen LogP contribution in [0.5, 0.6) is 0 Å². The molecule has 0 unspecified atom stereocenters. The average Bonchev–Trinajstić information content (AvgIpc) is 2.80. The van der Waals surface area contributed by atoms with Crippen LogP contribution in [0.4, 0.5) is 0 Å². The van der Waals surface area contributed by atoms with E-state index in [1.54, 1.807) is 6.33 Å². The number of carboxylic acid groups (broad SMARTS) is 1. The van der Waals surface area contributed by atoms with Crippen LogP contribution < -0.4 is 0 Å². The Hall–Kier alpha value is -2.76. The fourth-order valence-corrected chi connectivity index (χ4v) is 2.03. The van der Waals surface area contributed by atoms with E-state index in [-0.39, 0.29) is 5.56 Å². The topological polar surface area (TPSA) is 80.9 Å². The summed E-state index contributed by atoms with van der Waals surface area (Å²) >= 11 is 0. The molecule has 0 atom stereocenters. The standard InChI is InChI=1S/C13H10N4O2/c1-17-7-14-11-4-8(2-3-12(11)17)9-5-15-16-6-10(9)13(18)19/h2-7H,1H3,(H,18,19). The molecule has 0 spiro atoms. The van der Waals surface area contributed by atoms with Gasteiger partial charge in [-0.3, -0.25) is 0 Å². The van der Waals surface area contributed by atoms with E-state index >= 15 is 0 Å². The Bertz CT molecular complexity index is 779. The number of benzene rings is 1. The molecule has 0 saturated heterocycles. The van der Waals surface area contributed by atoms with Crippen LogP contribution in [0.1, 0.15) is 10.4 Å². The van der Waals surface area contributed by atoms with Crippen molar-refractivity contribution in [1.29, 1.82) is 0 Å². The summed E-state index contributed by atoms with van der Waals surface area (Å²) in [5, 5.41) is 16.5. The molecule has 0 bridgehead atoms. The smallest absolute Gasteiger partial charge is 0.338 e. The van der Waals surface area contributed by atoms with E-state index in [0.29, 0.717) is 5.56 Å². The van der Waals surface area contributed by atoms with Gasteiger partial charge in [0.15, 0.2) is 0 Å². The van der Waals surface area contributed by atoms with Crippen LogP contribution >= 0.6 is 0 Å². The third-order valence-electron chi connectivity index (χ3n) is 3.00. The number of carbonyl (C=O) groups is 1. The first kappa shape index (κ1) is 11.3. The highest BCUT2D eigenvalue weighted by Gasteiger charge is 2.13. The molecular weight excluding hydrogens is 244 g/mol. The minimum absolute atomic E-state index is 0.130. The van der Waals surface area contributed by atoms with Crippen LogP contribution in [0.15, 0.2) is 36.9 Å². The van der Waals surface area contributed by atoms with Gasteiger partial charge in [0, 0.05) is 12.6 Å². The Morgan fingerprint density at radius 1 is 1.26 bits per heavy atom. The summed E-state index contributed by atoms with van der Waals surface area (Å²) in [5.41, 5.74) is 3.23. The largest absolute Gasteiger partial charge is 0.478 e. The molecule has 0 aliphatic heterocycles. The van der Waals surface area contributed by atoms with Crippen LogP contribution in [0.2, 0.25) is 0 Å². The number of fused-ring (bicyclic) bond motifs is 1. The molecule has 0 fully saturated rings. The van der Waals surface area contributed by atoms with Crippen molar-refractivity contribution < 1.29 is 9.90 Å². The Labute approximate surface area is 108 Å². The number of aryl methyl sites for hydroxylation is 1. The number of nitrogens with zero attached hydrogens (tertiary/aromatic N) is 4. The summed E-state index contributed by atoms with van der Waals surface area (Å²) < 4.78 is 1.90. The first-order valence-corrected chi connectivity index (χ1v) is 5.62. The molecule has 0 aliphatic rings. The van der Waals surface area contributed by atoms with Gasteiger partial charge in [0.2, 0.25) is 0 Å². The van der Waals surface area contributed by atoms with Crippen molar-refractivity contribution in [2.45, 2.75) is 0 Å². The van der Waals surface area contributed by atoms with Gasteiger partial charge < -0.3 is 9.67 Å². The maximum absolute atomic E-state index is 11.2. The quantitative estimate of drug-likeness (QED) is 0.753. The van der Waals surface area contributed by atoms with Gasteiger partial charge in [0.05, 0.1) is 35.3 Å². The van der Waals surface area contributed by atoms with E-state index in [0.717, 1.165) is 16.6 Å². The lowest BCUT2D eigenvalue weighted by molar-refractivity contribution is 0.0697. The zero-order chi connectivity index (χ0) is 13.4. The molecule has 1 N–H and O–H groups in total. The van der Waals surface area contributed by atoms with Crippen LogP contribution in [-0.2, 0) is 7.05 Å². The molecule has 3 rings (SSSR count). The van der Waals surface area contributed by atoms with Gasteiger partial charge >= 0.3 is 5.97 Å². The normalized spacial score (nSPS) is 10.8. The van der Waals surface area contributed by atoms with Crippen molar-refractivity contribution in [1.82, 2.24) is 19.7 Å². The molecule has 3 aromatic rings. The Morgan fingerprint density at radius 3 is 2.84 bits per heavy atom. The maximum Gasteiger partial charge on any atom is 0.338 e. The first-order chi connectivity index (χ1) is 9.16. The van der Waals surface area contributed by atoms with E-state index in [1.807, 2.05) is 29.8 Å². The van der Waals surface area contributed by atoms with Crippen LogP contribution in [-0.4, -0.2) is 30.8 Å². The molecule has 19 heavy (non-hydrogen) atoms. The molecular formula is C13H10N4O2. The lowest BCUT2D eigenvalue weighted by Crippen LogP contribution is -2.01. The Balaban J connectivity index is 2.22. The van der Waals surface area contributed by atoms with E-state index in [1.165, 1.54) is 12.4 Å². The third kappa shape index (κ3) is 1.83.